The minimum Gasteiger partial charge on any atom is -0.476 e. The summed E-state index contributed by atoms with van der Waals surface area (Å²) in [5, 5.41) is 12.1. The van der Waals surface area contributed by atoms with Crippen molar-refractivity contribution in [3.63, 3.8) is 0 Å². The van der Waals surface area contributed by atoms with Crippen LogP contribution < -0.4 is 0 Å². The van der Waals surface area contributed by atoms with Crippen LogP contribution in [0.2, 0.25) is 0 Å². The van der Waals surface area contributed by atoms with E-state index in [1.807, 2.05) is 0 Å². The Hall–Kier alpha value is -1.39. The predicted molar refractivity (Wildman–Crippen MR) is 58.3 cm³/mol. The van der Waals surface area contributed by atoms with Gasteiger partial charge in [-0.1, -0.05) is 12.1 Å². The van der Waals surface area contributed by atoms with Crippen LogP contribution in [0.1, 0.15) is 39.5 Å². The Morgan fingerprint density at radius 3 is 2.25 bits per heavy atom. The third-order valence-corrected chi connectivity index (χ3v) is 2.79. The van der Waals surface area contributed by atoms with E-state index >= 15 is 0 Å². The molecule has 5 heteroatoms. The summed E-state index contributed by atoms with van der Waals surface area (Å²) >= 11 is 0. The normalized spacial score (nSPS) is 26.2. The first-order chi connectivity index (χ1) is 7.50. The van der Waals surface area contributed by atoms with Crippen LogP contribution >= 0.6 is 0 Å². The van der Waals surface area contributed by atoms with Crippen LogP contribution in [-0.2, 0) is 14.4 Å². The molecule has 16 heavy (non-hydrogen) atoms. The van der Waals surface area contributed by atoms with Gasteiger partial charge in [-0.2, -0.15) is 0 Å². The Morgan fingerprint density at radius 1 is 1.25 bits per heavy atom. The molecule has 5 nitrogen and oxygen atoms in total. The van der Waals surface area contributed by atoms with Gasteiger partial charge in [0.2, 0.25) is 5.71 Å². The maximum absolute atomic E-state index is 10.9. The molecule has 0 bridgehead atoms. The summed E-state index contributed by atoms with van der Waals surface area (Å²) in [5.41, 5.74) is -0.529. The van der Waals surface area contributed by atoms with Gasteiger partial charge in [0.1, 0.15) is 6.10 Å². The summed E-state index contributed by atoms with van der Waals surface area (Å²) in [6.45, 7) is 3.34. The zero-order valence-electron chi connectivity index (χ0n) is 9.60. The number of aliphatic carboxylic acids is 1. The zero-order valence-corrected chi connectivity index (χ0v) is 9.60. The molecule has 0 radical (unpaired) electrons. The molecule has 0 spiro atoms. The van der Waals surface area contributed by atoms with Crippen molar-refractivity contribution in [1.29, 1.82) is 0 Å². The number of ketones is 1. The maximum atomic E-state index is 10.9. The van der Waals surface area contributed by atoms with Crippen molar-refractivity contribution >= 4 is 17.5 Å². The second kappa shape index (κ2) is 5.63. The molecule has 1 aliphatic carbocycles. The van der Waals surface area contributed by atoms with Gasteiger partial charge in [0.15, 0.2) is 5.78 Å². The first-order valence-corrected chi connectivity index (χ1v) is 5.48. The molecular formula is C11H17NO4. The molecule has 1 saturated carbocycles. The van der Waals surface area contributed by atoms with E-state index in [4.69, 9.17) is 9.94 Å². The molecule has 1 aliphatic rings. The lowest BCUT2D eigenvalue weighted by Crippen LogP contribution is -2.24. The number of carboxylic acids is 1. The lowest BCUT2D eigenvalue weighted by atomic mass is 9.89. The quantitative estimate of drug-likeness (QED) is 0.449. The molecule has 0 saturated heterocycles. The SMILES string of the molecule is CC(=O)C(=NO[C@H]1CC[C@@H](C)CC1)C(=O)O. The Labute approximate surface area is 94.5 Å². The van der Waals surface area contributed by atoms with Crippen molar-refractivity contribution < 1.29 is 19.5 Å². The van der Waals surface area contributed by atoms with Crippen LogP contribution in [0.3, 0.4) is 0 Å². The van der Waals surface area contributed by atoms with Gasteiger partial charge in [-0.3, -0.25) is 4.79 Å². The lowest BCUT2D eigenvalue weighted by molar-refractivity contribution is -0.130. The van der Waals surface area contributed by atoms with Gasteiger partial charge < -0.3 is 9.94 Å². The van der Waals surface area contributed by atoms with Crippen LogP contribution in [0.5, 0.6) is 0 Å². The van der Waals surface area contributed by atoms with Crippen LogP contribution in [0.4, 0.5) is 0 Å². The average molecular weight is 227 g/mol. The number of Topliss-reactive ketones (excluding diaryl/α,β-unsaturated/α-hetero) is 1. The van der Waals surface area contributed by atoms with Gasteiger partial charge in [0.25, 0.3) is 0 Å². The number of carbonyl (C=O) groups is 2. The highest BCUT2D eigenvalue weighted by molar-refractivity contribution is 6.63. The topological polar surface area (TPSA) is 76.0 Å². The maximum Gasteiger partial charge on any atom is 0.361 e. The number of carbonyl (C=O) groups excluding carboxylic acids is 1. The van der Waals surface area contributed by atoms with Crippen molar-refractivity contribution in [3.05, 3.63) is 0 Å². The van der Waals surface area contributed by atoms with Crippen LogP contribution in [0.25, 0.3) is 0 Å². The first kappa shape index (κ1) is 12.7. The van der Waals surface area contributed by atoms with Crippen molar-refractivity contribution in [2.75, 3.05) is 0 Å². The Kier molecular flexibility index (Phi) is 4.46. The Balaban J connectivity index is 2.50. The summed E-state index contributed by atoms with van der Waals surface area (Å²) in [4.78, 5) is 26.7. The summed E-state index contributed by atoms with van der Waals surface area (Å²) in [6.07, 6.45) is 3.81. The molecule has 0 heterocycles. The van der Waals surface area contributed by atoms with E-state index in [2.05, 4.69) is 12.1 Å². The molecule has 0 unspecified atom stereocenters. The fraction of sp³-hybridized carbons (Fsp3) is 0.727. The number of hydrogen-bond donors (Lipinski definition) is 1. The number of oxime groups is 1. The van der Waals surface area contributed by atoms with Gasteiger partial charge in [0, 0.05) is 6.92 Å². The Morgan fingerprint density at radius 2 is 1.81 bits per heavy atom. The molecule has 0 atom stereocenters. The van der Waals surface area contributed by atoms with E-state index in [0.717, 1.165) is 25.7 Å². The molecule has 0 amide bonds. The van der Waals surface area contributed by atoms with Gasteiger partial charge in [0.05, 0.1) is 0 Å². The molecule has 0 aromatic carbocycles. The van der Waals surface area contributed by atoms with E-state index in [-0.39, 0.29) is 6.10 Å². The number of rotatable bonds is 4. The molecule has 1 fully saturated rings. The van der Waals surface area contributed by atoms with E-state index in [1.54, 1.807) is 0 Å². The minimum atomic E-state index is -1.34. The molecule has 90 valence electrons. The number of nitrogens with zero attached hydrogens (tertiary/aromatic N) is 1. The standard InChI is InChI=1S/C11H17NO4/c1-7-3-5-9(6-4-7)16-12-10(8(2)13)11(14)15/h7,9H,3-6H2,1-2H3,(H,14,15)/t7-,9+. The van der Waals surface area contributed by atoms with E-state index in [9.17, 15) is 9.59 Å². The smallest absolute Gasteiger partial charge is 0.361 e. The molecule has 1 N–H and O–H groups in total. The second-order valence-electron chi connectivity index (χ2n) is 4.29. The monoisotopic (exact) mass is 227 g/mol. The summed E-state index contributed by atoms with van der Waals surface area (Å²) < 4.78 is 0. The van der Waals surface area contributed by atoms with Gasteiger partial charge in [-0.15, -0.1) is 0 Å². The average Bonchev–Trinajstić information content (AvgIpc) is 2.20. The fourth-order valence-electron chi connectivity index (χ4n) is 1.72. The summed E-state index contributed by atoms with van der Waals surface area (Å²) in [6, 6.07) is 0. The highest BCUT2D eigenvalue weighted by Crippen LogP contribution is 2.25. The molecular weight excluding hydrogens is 210 g/mol. The molecule has 1 rings (SSSR count). The third-order valence-electron chi connectivity index (χ3n) is 2.79. The number of carboxylic acid groups (broad SMARTS) is 1. The van der Waals surface area contributed by atoms with Gasteiger partial charge in [-0.25, -0.2) is 4.79 Å². The van der Waals surface area contributed by atoms with Crippen LogP contribution in [-0.4, -0.2) is 28.7 Å². The Bertz CT molecular complexity index is 287. The van der Waals surface area contributed by atoms with E-state index in [0.29, 0.717) is 5.92 Å². The first-order valence-electron chi connectivity index (χ1n) is 5.48. The summed E-state index contributed by atoms with van der Waals surface area (Å²) in [7, 11) is 0. The molecule has 0 aromatic heterocycles. The predicted octanol–water partition coefficient (Wildman–Crippen LogP) is 1.61. The second-order valence-corrected chi connectivity index (χ2v) is 4.29. The van der Waals surface area contributed by atoms with Crippen LogP contribution in [0.15, 0.2) is 5.16 Å². The highest BCUT2D eigenvalue weighted by Gasteiger charge is 2.21. The fourth-order valence-corrected chi connectivity index (χ4v) is 1.72. The molecule has 0 aliphatic heterocycles. The zero-order chi connectivity index (χ0) is 12.1. The van der Waals surface area contributed by atoms with Crippen molar-refractivity contribution in [1.82, 2.24) is 0 Å². The summed E-state index contributed by atoms with van der Waals surface area (Å²) in [5.74, 6) is -1.23. The largest absolute Gasteiger partial charge is 0.476 e. The van der Waals surface area contributed by atoms with E-state index in [1.165, 1.54) is 6.92 Å². The van der Waals surface area contributed by atoms with Crippen molar-refractivity contribution in [3.8, 4) is 0 Å². The lowest BCUT2D eigenvalue weighted by Gasteiger charge is -2.24. The van der Waals surface area contributed by atoms with Crippen molar-refractivity contribution in [2.24, 2.45) is 11.1 Å². The minimum absolute atomic E-state index is 0.0510. The van der Waals surface area contributed by atoms with Crippen LogP contribution in [0, 0.1) is 5.92 Å². The molecule has 0 aromatic rings. The number of hydrogen-bond acceptors (Lipinski definition) is 4. The van der Waals surface area contributed by atoms with E-state index < -0.39 is 17.5 Å². The third kappa shape index (κ3) is 3.64. The van der Waals surface area contributed by atoms with Crippen molar-refractivity contribution in [2.45, 2.75) is 45.6 Å². The highest BCUT2D eigenvalue weighted by atomic mass is 16.6. The van der Waals surface area contributed by atoms with Gasteiger partial charge in [-0.05, 0) is 31.6 Å². The van der Waals surface area contributed by atoms with Gasteiger partial charge >= 0.3 is 5.97 Å².